The molecule has 4 nitrogen and oxygen atoms in total. The van der Waals surface area contributed by atoms with E-state index in [-0.39, 0.29) is 17.7 Å². The number of hydrogen-bond acceptors (Lipinski definition) is 3. The molecule has 1 N–H and O–H groups in total. The molecule has 2 fully saturated rings. The highest BCUT2D eigenvalue weighted by Gasteiger charge is 2.34. The molecule has 102 valence electrons. The smallest absolute Gasteiger partial charge is 0.306 e. The van der Waals surface area contributed by atoms with Gasteiger partial charge in [0.25, 0.3) is 0 Å². The van der Waals surface area contributed by atoms with Gasteiger partial charge in [-0.1, -0.05) is 6.42 Å². The number of rotatable bonds is 3. The monoisotopic (exact) mass is 271 g/mol. The van der Waals surface area contributed by atoms with Gasteiger partial charge in [-0.3, -0.25) is 9.59 Å². The number of amides is 1. The lowest BCUT2D eigenvalue weighted by molar-refractivity contribution is -0.145. The van der Waals surface area contributed by atoms with Gasteiger partial charge in [-0.25, -0.2) is 0 Å². The lowest BCUT2D eigenvalue weighted by Gasteiger charge is -2.32. The molecule has 0 aromatic rings. The largest absolute Gasteiger partial charge is 0.481 e. The topological polar surface area (TPSA) is 57.6 Å². The highest BCUT2D eigenvalue weighted by Crippen LogP contribution is 2.32. The SMILES string of the molecule is CN(C(=O)C1CCCC(C(=O)O)C1)C1CCSC1. The van der Waals surface area contributed by atoms with Crippen LogP contribution >= 0.6 is 11.8 Å². The lowest BCUT2D eigenvalue weighted by atomic mass is 9.80. The van der Waals surface area contributed by atoms with Gasteiger partial charge in [0.2, 0.25) is 5.91 Å². The predicted octanol–water partition coefficient (Wildman–Crippen LogP) is 1.84. The Labute approximate surface area is 112 Å². The fourth-order valence-corrected chi connectivity index (χ4v) is 4.20. The summed E-state index contributed by atoms with van der Waals surface area (Å²) in [7, 11) is 1.88. The average Bonchev–Trinajstić information content (AvgIpc) is 2.91. The second-order valence-corrected chi connectivity index (χ2v) is 6.52. The van der Waals surface area contributed by atoms with Crippen molar-refractivity contribution in [1.29, 1.82) is 0 Å². The Hall–Kier alpha value is -0.710. The zero-order chi connectivity index (χ0) is 13.1. The Morgan fingerprint density at radius 2 is 1.94 bits per heavy atom. The molecule has 2 rings (SSSR count). The van der Waals surface area contributed by atoms with Gasteiger partial charge in [0.1, 0.15) is 0 Å². The Kier molecular flexibility index (Phi) is 4.54. The Balaban J connectivity index is 1.93. The molecule has 0 aromatic carbocycles. The maximum absolute atomic E-state index is 12.4. The molecule has 1 aliphatic carbocycles. The summed E-state index contributed by atoms with van der Waals surface area (Å²) in [5.74, 6) is 1.18. The number of carbonyl (C=O) groups excluding carboxylic acids is 1. The Morgan fingerprint density at radius 3 is 2.56 bits per heavy atom. The van der Waals surface area contributed by atoms with Crippen molar-refractivity contribution in [3.05, 3.63) is 0 Å². The highest BCUT2D eigenvalue weighted by atomic mass is 32.2. The van der Waals surface area contributed by atoms with E-state index in [0.717, 1.165) is 37.2 Å². The van der Waals surface area contributed by atoms with Crippen molar-refractivity contribution in [3.8, 4) is 0 Å². The number of nitrogens with zero attached hydrogens (tertiary/aromatic N) is 1. The van der Waals surface area contributed by atoms with Gasteiger partial charge in [0, 0.05) is 24.8 Å². The van der Waals surface area contributed by atoms with Gasteiger partial charge >= 0.3 is 5.97 Å². The van der Waals surface area contributed by atoms with Crippen molar-refractivity contribution in [2.45, 2.75) is 38.1 Å². The first-order chi connectivity index (χ1) is 8.59. The van der Waals surface area contributed by atoms with Crippen molar-refractivity contribution in [3.63, 3.8) is 0 Å². The molecule has 18 heavy (non-hydrogen) atoms. The van der Waals surface area contributed by atoms with E-state index in [1.54, 1.807) is 0 Å². The summed E-state index contributed by atoms with van der Waals surface area (Å²) in [6.45, 7) is 0. The summed E-state index contributed by atoms with van der Waals surface area (Å²) in [5.41, 5.74) is 0. The van der Waals surface area contributed by atoms with Gasteiger partial charge in [-0.2, -0.15) is 11.8 Å². The van der Waals surface area contributed by atoms with Crippen LogP contribution in [0.25, 0.3) is 0 Å². The molecule has 1 heterocycles. The molecule has 1 amide bonds. The van der Waals surface area contributed by atoms with E-state index in [0.29, 0.717) is 12.5 Å². The summed E-state index contributed by atoms with van der Waals surface area (Å²) in [6, 6.07) is 0.354. The fourth-order valence-electron chi connectivity index (χ4n) is 2.93. The Bertz CT molecular complexity index is 328. The van der Waals surface area contributed by atoms with Crippen molar-refractivity contribution in [2.75, 3.05) is 18.6 Å². The molecule has 0 radical (unpaired) electrons. The molecule has 0 bridgehead atoms. The van der Waals surface area contributed by atoms with E-state index in [1.807, 2.05) is 23.7 Å². The van der Waals surface area contributed by atoms with Gasteiger partial charge < -0.3 is 10.0 Å². The van der Waals surface area contributed by atoms with E-state index in [9.17, 15) is 9.59 Å². The van der Waals surface area contributed by atoms with Crippen LogP contribution in [0.1, 0.15) is 32.1 Å². The summed E-state index contributed by atoms with van der Waals surface area (Å²) in [5, 5.41) is 9.06. The van der Waals surface area contributed by atoms with Crippen LogP contribution in [0.4, 0.5) is 0 Å². The minimum absolute atomic E-state index is 0.0737. The van der Waals surface area contributed by atoms with E-state index in [4.69, 9.17) is 5.11 Å². The number of thioether (sulfide) groups is 1. The van der Waals surface area contributed by atoms with Crippen LogP contribution in [0, 0.1) is 11.8 Å². The van der Waals surface area contributed by atoms with Crippen LogP contribution in [0.15, 0.2) is 0 Å². The molecule has 5 heteroatoms. The standard InChI is InChI=1S/C13H21NO3S/c1-14(11-5-6-18-8-11)12(15)9-3-2-4-10(7-9)13(16)17/h9-11H,2-8H2,1H3,(H,16,17). The third-order valence-electron chi connectivity index (χ3n) is 4.17. The molecular formula is C13H21NO3S. The lowest BCUT2D eigenvalue weighted by Crippen LogP contribution is -2.42. The molecule has 0 aromatic heterocycles. The molecular weight excluding hydrogens is 250 g/mol. The highest BCUT2D eigenvalue weighted by molar-refractivity contribution is 7.99. The van der Waals surface area contributed by atoms with Crippen molar-refractivity contribution < 1.29 is 14.7 Å². The number of carboxylic acids is 1. The number of aliphatic carboxylic acids is 1. The minimum Gasteiger partial charge on any atom is -0.481 e. The van der Waals surface area contributed by atoms with Crippen LogP contribution in [0.3, 0.4) is 0 Å². The first-order valence-electron chi connectivity index (χ1n) is 6.67. The second-order valence-electron chi connectivity index (χ2n) is 5.37. The quantitative estimate of drug-likeness (QED) is 0.851. The summed E-state index contributed by atoms with van der Waals surface area (Å²) < 4.78 is 0. The second kappa shape index (κ2) is 5.95. The first-order valence-corrected chi connectivity index (χ1v) is 7.82. The van der Waals surface area contributed by atoms with Crippen LogP contribution in [0.5, 0.6) is 0 Å². The first kappa shape index (κ1) is 13.7. The molecule has 3 atom stereocenters. The van der Waals surface area contributed by atoms with E-state index < -0.39 is 5.97 Å². The number of hydrogen-bond donors (Lipinski definition) is 1. The maximum Gasteiger partial charge on any atom is 0.306 e. The number of carboxylic acid groups (broad SMARTS) is 1. The molecule has 2 aliphatic rings. The average molecular weight is 271 g/mol. The molecule has 0 spiro atoms. The van der Waals surface area contributed by atoms with Crippen molar-refractivity contribution >= 4 is 23.6 Å². The van der Waals surface area contributed by atoms with Crippen molar-refractivity contribution in [1.82, 2.24) is 4.90 Å². The maximum atomic E-state index is 12.4. The molecule has 1 saturated heterocycles. The van der Waals surface area contributed by atoms with Gasteiger partial charge in [0.05, 0.1) is 5.92 Å². The van der Waals surface area contributed by atoms with E-state index in [1.165, 1.54) is 0 Å². The zero-order valence-corrected chi connectivity index (χ0v) is 11.6. The van der Waals surface area contributed by atoms with Crippen LogP contribution < -0.4 is 0 Å². The third-order valence-corrected chi connectivity index (χ3v) is 5.32. The summed E-state index contributed by atoms with van der Waals surface area (Å²) in [4.78, 5) is 25.3. The molecule has 1 saturated carbocycles. The van der Waals surface area contributed by atoms with Gasteiger partial charge in [0.15, 0.2) is 0 Å². The van der Waals surface area contributed by atoms with E-state index in [2.05, 4.69) is 0 Å². The third kappa shape index (κ3) is 2.99. The minimum atomic E-state index is -0.744. The van der Waals surface area contributed by atoms with Crippen LogP contribution in [0.2, 0.25) is 0 Å². The van der Waals surface area contributed by atoms with E-state index >= 15 is 0 Å². The molecule has 3 unspecified atom stereocenters. The number of carbonyl (C=O) groups is 2. The van der Waals surface area contributed by atoms with Crippen LogP contribution in [-0.4, -0.2) is 46.5 Å². The predicted molar refractivity (Wildman–Crippen MR) is 71.6 cm³/mol. The van der Waals surface area contributed by atoms with Gasteiger partial charge in [-0.05, 0) is 31.4 Å². The zero-order valence-electron chi connectivity index (χ0n) is 10.8. The van der Waals surface area contributed by atoms with Crippen molar-refractivity contribution in [2.24, 2.45) is 11.8 Å². The Morgan fingerprint density at radius 1 is 1.22 bits per heavy atom. The normalized spacial score (nSPS) is 32.2. The molecule has 1 aliphatic heterocycles. The summed E-state index contributed by atoms with van der Waals surface area (Å²) in [6.07, 6.45) is 4.04. The van der Waals surface area contributed by atoms with Gasteiger partial charge in [-0.15, -0.1) is 0 Å². The fraction of sp³-hybridized carbons (Fsp3) is 0.846. The summed E-state index contributed by atoms with van der Waals surface area (Å²) >= 11 is 1.89. The van der Waals surface area contributed by atoms with Crippen LogP contribution in [-0.2, 0) is 9.59 Å².